The average molecular weight is 311 g/mol. The number of sulfonamides is 1. The van der Waals surface area contributed by atoms with E-state index in [2.05, 4.69) is 31.1 Å². The molecular formula is C15H25N3O2S. The molecule has 2 heterocycles. The van der Waals surface area contributed by atoms with E-state index in [1.807, 2.05) is 0 Å². The van der Waals surface area contributed by atoms with Crippen LogP contribution < -0.4 is 5.32 Å². The SMILES string of the molecule is CCCNc1ccc(S(=O)(=O)N2CCCC(C)(C)C2)cn1. The molecule has 1 N–H and O–H groups in total. The average Bonchev–Trinajstić information content (AvgIpc) is 2.44. The standard InChI is InChI=1S/C15H25N3O2S/c1-4-9-16-14-7-6-13(11-17-14)21(19,20)18-10-5-8-15(2,3)12-18/h6-7,11H,4-5,8-10,12H2,1-3H3,(H,16,17). The zero-order valence-corrected chi connectivity index (χ0v) is 13.9. The molecule has 0 unspecified atom stereocenters. The van der Waals surface area contributed by atoms with Crippen LogP contribution in [0.1, 0.15) is 40.0 Å². The highest BCUT2D eigenvalue weighted by atomic mass is 32.2. The molecular weight excluding hydrogens is 286 g/mol. The molecule has 21 heavy (non-hydrogen) atoms. The second-order valence-corrected chi connectivity index (χ2v) is 8.35. The lowest BCUT2D eigenvalue weighted by Gasteiger charge is -2.37. The fourth-order valence-corrected chi connectivity index (χ4v) is 4.23. The van der Waals surface area contributed by atoms with Gasteiger partial charge in [-0.05, 0) is 36.8 Å². The third-order valence-electron chi connectivity index (χ3n) is 3.80. The molecule has 1 aromatic rings. The summed E-state index contributed by atoms with van der Waals surface area (Å²) < 4.78 is 26.9. The van der Waals surface area contributed by atoms with E-state index in [1.165, 1.54) is 6.20 Å². The van der Waals surface area contributed by atoms with Crippen LogP contribution in [0, 0.1) is 5.41 Å². The first-order valence-corrected chi connectivity index (χ1v) is 8.99. The van der Waals surface area contributed by atoms with Gasteiger partial charge < -0.3 is 5.32 Å². The minimum Gasteiger partial charge on any atom is -0.370 e. The van der Waals surface area contributed by atoms with Gasteiger partial charge in [-0.2, -0.15) is 4.31 Å². The van der Waals surface area contributed by atoms with Gasteiger partial charge in [-0.25, -0.2) is 13.4 Å². The number of nitrogens with zero attached hydrogens (tertiary/aromatic N) is 2. The molecule has 0 aromatic carbocycles. The first-order chi connectivity index (χ1) is 9.85. The monoisotopic (exact) mass is 311 g/mol. The number of pyridine rings is 1. The number of hydrogen-bond donors (Lipinski definition) is 1. The van der Waals surface area contributed by atoms with Gasteiger partial charge in [0, 0.05) is 25.8 Å². The van der Waals surface area contributed by atoms with Gasteiger partial charge in [0.05, 0.1) is 0 Å². The van der Waals surface area contributed by atoms with Gasteiger partial charge in [-0.15, -0.1) is 0 Å². The Morgan fingerprint density at radius 2 is 2.14 bits per heavy atom. The second kappa shape index (κ2) is 6.32. The molecule has 0 amide bonds. The minimum absolute atomic E-state index is 0.0430. The van der Waals surface area contributed by atoms with Crippen LogP contribution in [0.25, 0.3) is 0 Å². The predicted octanol–water partition coefficient (Wildman–Crippen LogP) is 2.71. The van der Waals surface area contributed by atoms with Gasteiger partial charge in [-0.3, -0.25) is 0 Å². The number of rotatable bonds is 5. The van der Waals surface area contributed by atoms with Crippen LogP contribution in [0.5, 0.6) is 0 Å². The maximum absolute atomic E-state index is 12.7. The third kappa shape index (κ3) is 3.95. The molecule has 0 radical (unpaired) electrons. The van der Waals surface area contributed by atoms with E-state index in [0.717, 1.165) is 31.6 Å². The van der Waals surface area contributed by atoms with Crippen molar-refractivity contribution in [3.63, 3.8) is 0 Å². The number of piperidine rings is 1. The van der Waals surface area contributed by atoms with Crippen LogP contribution in [0.4, 0.5) is 5.82 Å². The number of anilines is 1. The van der Waals surface area contributed by atoms with Crippen molar-refractivity contribution in [3.05, 3.63) is 18.3 Å². The minimum atomic E-state index is -3.43. The van der Waals surface area contributed by atoms with Crippen molar-refractivity contribution < 1.29 is 8.42 Å². The van der Waals surface area contributed by atoms with Crippen LogP contribution in [0.15, 0.2) is 23.2 Å². The number of hydrogen-bond acceptors (Lipinski definition) is 4. The van der Waals surface area contributed by atoms with Crippen molar-refractivity contribution in [2.24, 2.45) is 5.41 Å². The van der Waals surface area contributed by atoms with Gasteiger partial charge in [0.25, 0.3) is 0 Å². The Morgan fingerprint density at radius 1 is 1.38 bits per heavy atom. The third-order valence-corrected chi connectivity index (χ3v) is 5.62. The summed E-state index contributed by atoms with van der Waals surface area (Å²) in [7, 11) is -3.43. The molecule has 0 aliphatic carbocycles. The molecule has 0 spiro atoms. The lowest BCUT2D eigenvalue weighted by atomic mass is 9.85. The summed E-state index contributed by atoms with van der Waals surface area (Å²) in [6, 6.07) is 3.37. The van der Waals surface area contributed by atoms with Gasteiger partial charge in [-0.1, -0.05) is 20.8 Å². The van der Waals surface area contributed by atoms with Crippen molar-refractivity contribution in [2.45, 2.75) is 44.9 Å². The topological polar surface area (TPSA) is 62.3 Å². The first kappa shape index (κ1) is 16.2. The zero-order chi connectivity index (χ0) is 15.5. The summed E-state index contributed by atoms with van der Waals surface area (Å²) in [5.41, 5.74) is 0.0430. The molecule has 1 aromatic heterocycles. The lowest BCUT2D eigenvalue weighted by molar-refractivity contribution is 0.187. The molecule has 1 aliphatic rings. The van der Waals surface area contributed by atoms with Gasteiger partial charge in [0.1, 0.15) is 10.7 Å². The predicted molar refractivity (Wildman–Crippen MR) is 84.8 cm³/mol. The Kier molecular flexibility index (Phi) is 4.88. The molecule has 118 valence electrons. The molecule has 1 saturated heterocycles. The molecule has 0 atom stereocenters. The fraction of sp³-hybridized carbons (Fsp3) is 0.667. The van der Waals surface area contributed by atoms with E-state index in [0.29, 0.717) is 13.1 Å². The van der Waals surface area contributed by atoms with E-state index in [-0.39, 0.29) is 10.3 Å². The van der Waals surface area contributed by atoms with Gasteiger partial charge >= 0.3 is 0 Å². The van der Waals surface area contributed by atoms with E-state index >= 15 is 0 Å². The van der Waals surface area contributed by atoms with Crippen molar-refractivity contribution in [2.75, 3.05) is 25.0 Å². The van der Waals surface area contributed by atoms with Crippen LogP contribution >= 0.6 is 0 Å². The van der Waals surface area contributed by atoms with Crippen LogP contribution in [-0.4, -0.2) is 37.3 Å². The Balaban J connectivity index is 2.15. The Morgan fingerprint density at radius 3 is 2.71 bits per heavy atom. The van der Waals surface area contributed by atoms with Crippen molar-refractivity contribution >= 4 is 15.8 Å². The summed E-state index contributed by atoms with van der Waals surface area (Å²) in [6.45, 7) is 8.31. The number of nitrogens with one attached hydrogen (secondary N) is 1. The second-order valence-electron chi connectivity index (χ2n) is 6.41. The van der Waals surface area contributed by atoms with E-state index in [4.69, 9.17) is 0 Å². The quantitative estimate of drug-likeness (QED) is 0.908. The molecule has 1 aliphatic heterocycles. The lowest BCUT2D eigenvalue weighted by Crippen LogP contribution is -2.43. The molecule has 0 bridgehead atoms. The van der Waals surface area contributed by atoms with Crippen molar-refractivity contribution in [1.29, 1.82) is 0 Å². The Hall–Kier alpha value is -1.14. The summed E-state index contributed by atoms with van der Waals surface area (Å²) in [5.74, 6) is 0.717. The molecule has 1 fully saturated rings. The largest absolute Gasteiger partial charge is 0.370 e. The maximum Gasteiger partial charge on any atom is 0.244 e. The van der Waals surface area contributed by atoms with Crippen molar-refractivity contribution in [3.8, 4) is 0 Å². The highest BCUT2D eigenvalue weighted by molar-refractivity contribution is 7.89. The summed E-state index contributed by atoms with van der Waals surface area (Å²) in [6.07, 6.45) is 4.44. The highest BCUT2D eigenvalue weighted by Crippen LogP contribution is 2.31. The van der Waals surface area contributed by atoms with Gasteiger partial charge in [0.2, 0.25) is 10.0 Å². The summed E-state index contributed by atoms with van der Waals surface area (Å²) in [4.78, 5) is 4.48. The maximum atomic E-state index is 12.7. The van der Waals surface area contributed by atoms with E-state index < -0.39 is 10.0 Å². The molecule has 0 saturated carbocycles. The molecule has 5 nitrogen and oxygen atoms in total. The highest BCUT2D eigenvalue weighted by Gasteiger charge is 2.34. The van der Waals surface area contributed by atoms with Crippen molar-refractivity contribution in [1.82, 2.24) is 9.29 Å². The summed E-state index contributed by atoms with van der Waals surface area (Å²) >= 11 is 0. The summed E-state index contributed by atoms with van der Waals surface area (Å²) in [5, 5.41) is 3.15. The van der Waals surface area contributed by atoms with Gasteiger partial charge in [0.15, 0.2) is 0 Å². The Labute approximate surface area is 127 Å². The number of aromatic nitrogens is 1. The first-order valence-electron chi connectivity index (χ1n) is 7.55. The normalized spacial score (nSPS) is 19.4. The smallest absolute Gasteiger partial charge is 0.244 e. The van der Waals surface area contributed by atoms with Crippen LogP contribution in [-0.2, 0) is 10.0 Å². The fourth-order valence-electron chi connectivity index (χ4n) is 2.61. The molecule has 2 rings (SSSR count). The van der Waals surface area contributed by atoms with E-state index in [9.17, 15) is 8.42 Å². The Bertz CT molecular complexity index is 567. The molecule has 6 heteroatoms. The van der Waals surface area contributed by atoms with Crippen LogP contribution in [0.2, 0.25) is 0 Å². The van der Waals surface area contributed by atoms with Crippen LogP contribution in [0.3, 0.4) is 0 Å². The van der Waals surface area contributed by atoms with E-state index in [1.54, 1.807) is 16.4 Å². The zero-order valence-electron chi connectivity index (χ0n) is 13.1.